The maximum absolute atomic E-state index is 4.60. The molecule has 0 aliphatic carbocycles. The van der Waals surface area contributed by atoms with Gasteiger partial charge < -0.3 is 10.3 Å². The van der Waals surface area contributed by atoms with Crippen LogP contribution in [0.4, 0.5) is 0 Å². The number of aromatic amines is 2. The van der Waals surface area contributed by atoms with Crippen molar-refractivity contribution in [2.45, 2.75) is 26.2 Å². The van der Waals surface area contributed by atoms with Crippen LogP contribution in [0.1, 0.15) is 30.9 Å². The van der Waals surface area contributed by atoms with E-state index in [0.717, 1.165) is 80.6 Å². The van der Waals surface area contributed by atoms with Crippen LogP contribution in [0.2, 0.25) is 0 Å². The number of H-pyrrole nitrogens is 2. The average Bonchev–Trinajstić information content (AvgIpc) is 3.56. The van der Waals surface area contributed by atoms with Crippen LogP contribution < -0.4 is 15.9 Å². The molecule has 0 bridgehead atoms. The van der Waals surface area contributed by atoms with E-state index in [9.17, 15) is 0 Å². The van der Waals surface area contributed by atoms with Gasteiger partial charge in [-0.3, -0.25) is 15.1 Å². The van der Waals surface area contributed by atoms with Gasteiger partial charge in [-0.05, 0) is 97.8 Å². The molecule has 5 aromatic rings. The quantitative estimate of drug-likeness (QED) is 0.311. The minimum absolute atomic E-state index is 0.742. The van der Waals surface area contributed by atoms with E-state index in [1.807, 2.05) is 24.7 Å². The smallest absolute Gasteiger partial charge is 0.116 e. The molecule has 0 atom stereocenters. The number of allylic oxidation sites excluding steroid dienone is 2. The largest absolute Gasteiger partial charge is 0.353 e. The van der Waals surface area contributed by atoms with Crippen molar-refractivity contribution in [2.75, 3.05) is 13.1 Å². The van der Waals surface area contributed by atoms with Gasteiger partial charge in [0.2, 0.25) is 0 Å². The van der Waals surface area contributed by atoms with Crippen molar-refractivity contribution >= 4 is 29.1 Å². The van der Waals surface area contributed by atoms with Crippen molar-refractivity contribution in [1.82, 2.24) is 30.5 Å². The molecule has 0 radical (unpaired) electrons. The van der Waals surface area contributed by atoms with Gasteiger partial charge in [0.1, 0.15) is 5.69 Å². The summed E-state index contributed by atoms with van der Waals surface area (Å²) in [6.07, 6.45) is 15.4. The molecule has 0 unspecified atom stereocenters. The molecule has 38 heavy (non-hydrogen) atoms. The number of nitrogens with zero attached hydrogens (tertiary/aromatic N) is 3. The Bertz CT molecular complexity index is 1700. The third-order valence-electron chi connectivity index (χ3n) is 7.52. The second kappa shape index (κ2) is 10.6. The fourth-order valence-electron chi connectivity index (χ4n) is 5.33. The minimum Gasteiger partial charge on any atom is -0.353 e. The predicted molar refractivity (Wildman–Crippen MR) is 156 cm³/mol. The number of hydrogen-bond acceptors (Lipinski definition) is 4. The zero-order chi connectivity index (χ0) is 25.9. The number of aromatic nitrogens is 5. The fourth-order valence-corrected chi connectivity index (χ4v) is 5.33. The molecule has 6 rings (SSSR count). The van der Waals surface area contributed by atoms with E-state index in [4.69, 9.17) is 0 Å². The molecule has 1 saturated heterocycles. The summed E-state index contributed by atoms with van der Waals surface area (Å²) in [7, 11) is 0. The number of rotatable bonds is 6. The fraction of sp³-hybridized carbons (Fsp3) is 0.219. The van der Waals surface area contributed by atoms with Gasteiger partial charge in [0.05, 0.1) is 11.0 Å². The first-order valence-corrected chi connectivity index (χ1v) is 13.2. The van der Waals surface area contributed by atoms with Gasteiger partial charge in [-0.15, -0.1) is 0 Å². The Kier molecular flexibility index (Phi) is 6.71. The summed E-state index contributed by atoms with van der Waals surface area (Å²) in [6.45, 7) is 8.70. The first-order chi connectivity index (χ1) is 18.7. The lowest BCUT2D eigenvalue weighted by Gasteiger charge is -2.22. The number of benzene rings is 1. The summed E-state index contributed by atoms with van der Waals surface area (Å²) < 4.78 is 0. The lowest BCUT2D eigenvalue weighted by atomic mass is 9.91. The highest BCUT2D eigenvalue weighted by Crippen LogP contribution is 2.30. The summed E-state index contributed by atoms with van der Waals surface area (Å²) in [5, 5.41) is 14.1. The van der Waals surface area contributed by atoms with Crippen LogP contribution in [0.25, 0.3) is 51.6 Å². The molecule has 6 nitrogen and oxygen atoms in total. The Morgan fingerprint density at radius 3 is 2.79 bits per heavy atom. The van der Waals surface area contributed by atoms with Crippen LogP contribution in [-0.4, -0.2) is 38.2 Å². The van der Waals surface area contributed by atoms with Gasteiger partial charge in [-0.1, -0.05) is 30.9 Å². The van der Waals surface area contributed by atoms with Crippen LogP contribution >= 0.6 is 0 Å². The second-order valence-electron chi connectivity index (χ2n) is 10.2. The van der Waals surface area contributed by atoms with Crippen LogP contribution in [0.3, 0.4) is 0 Å². The Balaban J connectivity index is 1.27. The SMILES string of the molecule is C=c1c(-c2cc3c(-c4cccnc4)cccc3[nH]2)n[nH]/c1=C/C=C(\C)c1cncc(CC2CCNCC2)c1. The highest BCUT2D eigenvalue weighted by molar-refractivity contribution is 5.97. The van der Waals surface area contributed by atoms with Crippen molar-refractivity contribution in [3.63, 3.8) is 0 Å². The molecule has 1 fully saturated rings. The van der Waals surface area contributed by atoms with E-state index in [1.165, 1.54) is 18.4 Å². The van der Waals surface area contributed by atoms with Gasteiger partial charge in [0.15, 0.2) is 0 Å². The summed E-state index contributed by atoms with van der Waals surface area (Å²) in [4.78, 5) is 12.3. The third kappa shape index (κ3) is 4.95. The summed E-state index contributed by atoms with van der Waals surface area (Å²) in [6, 6.07) is 14.7. The molecule has 0 spiro atoms. The molecule has 4 aromatic heterocycles. The molecule has 1 aliphatic rings. The normalized spacial score (nSPS) is 15.4. The topological polar surface area (TPSA) is 82.3 Å². The Morgan fingerprint density at radius 2 is 1.95 bits per heavy atom. The minimum atomic E-state index is 0.742. The second-order valence-corrected chi connectivity index (χ2v) is 10.2. The van der Waals surface area contributed by atoms with E-state index in [1.54, 1.807) is 6.20 Å². The van der Waals surface area contributed by atoms with Crippen molar-refractivity contribution in [3.8, 4) is 22.5 Å². The highest BCUT2D eigenvalue weighted by Gasteiger charge is 2.14. The highest BCUT2D eigenvalue weighted by atomic mass is 15.1. The van der Waals surface area contributed by atoms with Gasteiger partial charge in [-0.25, -0.2) is 0 Å². The summed E-state index contributed by atoms with van der Waals surface area (Å²) in [5.74, 6) is 0.742. The number of piperidine rings is 1. The molecule has 0 saturated carbocycles. The van der Waals surface area contributed by atoms with Gasteiger partial charge >= 0.3 is 0 Å². The van der Waals surface area contributed by atoms with Crippen molar-refractivity contribution in [3.05, 3.63) is 95.0 Å². The van der Waals surface area contributed by atoms with Gasteiger partial charge in [0.25, 0.3) is 0 Å². The van der Waals surface area contributed by atoms with Crippen LogP contribution in [0.5, 0.6) is 0 Å². The average molecular weight is 501 g/mol. The van der Waals surface area contributed by atoms with Crippen molar-refractivity contribution in [2.24, 2.45) is 5.92 Å². The first-order valence-electron chi connectivity index (χ1n) is 13.2. The number of nitrogens with one attached hydrogen (secondary N) is 3. The maximum atomic E-state index is 4.60. The Labute approximate surface area is 222 Å². The molecular formula is C32H32N6. The van der Waals surface area contributed by atoms with Gasteiger partial charge in [-0.2, -0.15) is 5.10 Å². The zero-order valence-electron chi connectivity index (χ0n) is 21.7. The van der Waals surface area contributed by atoms with Gasteiger partial charge in [0, 0.05) is 46.5 Å². The predicted octanol–water partition coefficient (Wildman–Crippen LogP) is 4.85. The third-order valence-corrected chi connectivity index (χ3v) is 7.52. The lowest BCUT2D eigenvalue weighted by Crippen LogP contribution is -2.28. The number of hydrogen-bond donors (Lipinski definition) is 3. The van der Waals surface area contributed by atoms with E-state index < -0.39 is 0 Å². The molecule has 1 aliphatic heterocycles. The van der Waals surface area contributed by atoms with Crippen LogP contribution in [0, 0.1) is 5.92 Å². The molecule has 3 N–H and O–H groups in total. The molecule has 0 amide bonds. The molecule has 5 heterocycles. The van der Waals surface area contributed by atoms with Crippen LogP contribution in [-0.2, 0) is 6.42 Å². The number of pyridine rings is 2. The van der Waals surface area contributed by atoms with E-state index in [-0.39, 0.29) is 0 Å². The standard InChI is InChI=1S/C32H32N6/c1-21(26-16-24(18-35-20-26)15-23-10-13-33-14-11-23)8-9-29-22(2)32(38-37-29)31-17-28-27(6-3-7-30(28)36-31)25-5-4-12-34-19-25/h3-9,12,16-20,23,33,36-37H,2,10-11,13-15H2,1H3/b21-8+,29-9+. The Hall–Kier alpha value is -4.29. The van der Waals surface area contributed by atoms with Crippen molar-refractivity contribution < 1.29 is 0 Å². The first kappa shape index (κ1) is 24.1. The lowest BCUT2D eigenvalue weighted by molar-refractivity contribution is 0.372. The maximum Gasteiger partial charge on any atom is 0.116 e. The molecular weight excluding hydrogens is 468 g/mol. The Morgan fingerprint density at radius 1 is 1.05 bits per heavy atom. The molecule has 190 valence electrons. The zero-order valence-corrected chi connectivity index (χ0v) is 21.7. The van der Waals surface area contributed by atoms with E-state index >= 15 is 0 Å². The number of fused-ring (bicyclic) bond motifs is 1. The van der Waals surface area contributed by atoms with Crippen LogP contribution in [0.15, 0.2) is 73.3 Å². The monoisotopic (exact) mass is 500 g/mol. The molecule has 6 heteroatoms. The summed E-state index contributed by atoms with van der Waals surface area (Å²) in [5.41, 5.74) is 8.66. The van der Waals surface area contributed by atoms with Crippen molar-refractivity contribution in [1.29, 1.82) is 0 Å². The van der Waals surface area contributed by atoms with E-state index in [2.05, 4.69) is 92.5 Å². The molecule has 1 aromatic carbocycles. The van der Waals surface area contributed by atoms with E-state index in [0.29, 0.717) is 0 Å². The summed E-state index contributed by atoms with van der Waals surface area (Å²) >= 11 is 0.